The molecule has 2 atom stereocenters. The maximum Gasteiger partial charge on any atom is 0.261 e. The van der Waals surface area contributed by atoms with Crippen molar-refractivity contribution in [3.63, 3.8) is 0 Å². The Kier molecular flexibility index (Phi) is 6.84. The number of carbonyl (C=O) groups is 1. The van der Waals surface area contributed by atoms with E-state index >= 15 is 0 Å². The van der Waals surface area contributed by atoms with E-state index in [4.69, 9.17) is 4.74 Å². The number of benzene rings is 2. The van der Waals surface area contributed by atoms with Gasteiger partial charge in [0.2, 0.25) is 0 Å². The van der Waals surface area contributed by atoms with Crippen LogP contribution in [0.4, 0.5) is 0 Å². The van der Waals surface area contributed by atoms with Gasteiger partial charge in [0.25, 0.3) is 5.91 Å². The van der Waals surface area contributed by atoms with Crippen LogP contribution in [0.3, 0.4) is 0 Å². The van der Waals surface area contributed by atoms with Gasteiger partial charge in [-0.3, -0.25) is 4.79 Å². The third kappa shape index (κ3) is 4.87. The predicted octanol–water partition coefficient (Wildman–Crippen LogP) is 5.35. The summed E-state index contributed by atoms with van der Waals surface area (Å²) < 4.78 is 5.98. The largest absolute Gasteiger partial charge is 0.481 e. The van der Waals surface area contributed by atoms with Gasteiger partial charge >= 0.3 is 0 Å². The molecule has 0 radical (unpaired) electrons. The number of rotatable bonds is 7. The number of carbonyl (C=O) groups excluding carboxylic acids is 1. The highest BCUT2D eigenvalue weighted by atomic mass is 16.5. The van der Waals surface area contributed by atoms with Gasteiger partial charge in [-0.2, -0.15) is 0 Å². The quantitative estimate of drug-likeness (QED) is 0.729. The maximum absolute atomic E-state index is 12.8. The molecule has 2 aromatic carbocycles. The zero-order valence-corrected chi connectivity index (χ0v) is 16.8. The van der Waals surface area contributed by atoms with Crippen molar-refractivity contribution in [1.82, 2.24) is 5.32 Å². The Bertz CT molecular complexity index is 767. The van der Waals surface area contributed by atoms with E-state index in [2.05, 4.69) is 58.1 Å². The van der Waals surface area contributed by atoms with Gasteiger partial charge in [0.15, 0.2) is 6.10 Å². The molecule has 26 heavy (non-hydrogen) atoms. The summed E-state index contributed by atoms with van der Waals surface area (Å²) >= 11 is 0. The second kappa shape index (κ2) is 8.88. The van der Waals surface area contributed by atoms with Gasteiger partial charge in [0, 0.05) is 0 Å². The van der Waals surface area contributed by atoms with E-state index in [1.807, 2.05) is 25.1 Å². The summed E-state index contributed by atoms with van der Waals surface area (Å²) in [6.07, 6.45) is 0.981. The highest BCUT2D eigenvalue weighted by Gasteiger charge is 2.22. The molecule has 0 saturated heterocycles. The lowest BCUT2D eigenvalue weighted by Gasteiger charge is -2.24. The summed E-state index contributed by atoms with van der Waals surface area (Å²) in [7, 11) is 0. The maximum atomic E-state index is 12.8. The van der Waals surface area contributed by atoms with E-state index in [0.29, 0.717) is 6.42 Å². The summed E-state index contributed by atoms with van der Waals surface area (Å²) in [5.74, 6) is 0.687. The molecule has 3 heteroatoms. The number of nitrogens with one attached hydrogen (secondary N) is 1. The molecule has 0 heterocycles. The molecule has 1 N–H and O–H groups in total. The number of ether oxygens (including phenoxy) is 1. The molecule has 2 aromatic rings. The molecule has 0 unspecified atom stereocenters. The van der Waals surface area contributed by atoms with Crippen LogP contribution in [-0.2, 0) is 4.79 Å². The van der Waals surface area contributed by atoms with Crippen molar-refractivity contribution < 1.29 is 9.53 Å². The molecule has 0 aliphatic heterocycles. The van der Waals surface area contributed by atoms with Gasteiger partial charge in [-0.05, 0) is 74.9 Å². The monoisotopic (exact) mass is 353 g/mol. The van der Waals surface area contributed by atoms with Gasteiger partial charge in [-0.1, -0.05) is 43.7 Å². The van der Waals surface area contributed by atoms with Crippen molar-refractivity contribution in [2.75, 3.05) is 0 Å². The number of amides is 1. The third-order valence-corrected chi connectivity index (χ3v) is 4.95. The summed E-state index contributed by atoms with van der Waals surface area (Å²) in [4.78, 5) is 12.8. The average Bonchev–Trinajstić information content (AvgIpc) is 2.60. The fourth-order valence-electron chi connectivity index (χ4n) is 3.15. The Hall–Kier alpha value is -2.29. The Balaban J connectivity index is 2.12. The van der Waals surface area contributed by atoms with Crippen LogP contribution in [0.15, 0.2) is 36.4 Å². The minimum atomic E-state index is -0.489. The zero-order valence-electron chi connectivity index (χ0n) is 16.8. The SMILES string of the molecule is CC[C@@H](Oc1ccc(C)c(C)c1)C(=O)N[C@H](CC)c1ccc(C)cc1C. The van der Waals surface area contributed by atoms with E-state index in [9.17, 15) is 4.79 Å². The van der Waals surface area contributed by atoms with Crippen LogP contribution in [-0.4, -0.2) is 12.0 Å². The number of aryl methyl sites for hydroxylation is 4. The third-order valence-electron chi connectivity index (χ3n) is 4.95. The van der Waals surface area contributed by atoms with Crippen LogP contribution in [0.25, 0.3) is 0 Å². The lowest BCUT2D eigenvalue weighted by Crippen LogP contribution is -2.40. The van der Waals surface area contributed by atoms with Crippen LogP contribution in [0.2, 0.25) is 0 Å². The first kappa shape index (κ1) is 20.0. The summed E-state index contributed by atoms with van der Waals surface area (Å²) in [6, 6.07) is 12.3. The van der Waals surface area contributed by atoms with Gasteiger partial charge in [0.05, 0.1) is 6.04 Å². The van der Waals surface area contributed by atoms with Gasteiger partial charge in [-0.15, -0.1) is 0 Å². The van der Waals surface area contributed by atoms with Gasteiger partial charge in [-0.25, -0.2) is 0 Å². The molecule has 0 aromatic heterocycles. The van der Waals surface area contributed by atoms with Crippen molar-refractivity contribution in [2.24, 2.45) is 0 Å². The molecule has 0 spiro atoms. The van der Waals surface area contributed by atoms with Crippen LogP contribution >= 0.6 is 0 Å². The first-order chi connectivity index (χ1) is 12.3. The van der Waals surface area contributed by atoms with Crippen molar-refractivity contribution >= 4 is 5.91 Å². The van der Waals surface area contributed by atoms with Crippen molar-refractivity contribution in [2.45, 2.75) is 66.5 Å². The summed E-state index contributed by atoms with van der Waals surface area (Å²) in [6.45, 7) is 12.4. The molecule has 140 valence electrons. The molecule has 0 fully saturated rings. The average molecular weight is 354 g/mol. The first-order valence-electron chi connectivity index (χ1n) is 9.47. The van der Waals surface area contributed by atoms with E-state index in [0.717, 1.165) is 12.2 Å². The summed E-state index contributed by atoms with van der Waals surface area (Å²) in [5, 5.41) is 3.18. The van der Waals surface area contributed by atoms with E-state index < -0.39 is 6.10 Å². The van der Waals surface area contributed by atoms with E-state index in [-0.39, 0.29) is 11.9 Å². The fraction of sp³-hybridized carbons (Fsp3) is 0.435. The second-order valence-corrected chi connectivity index (χ2v) is 7.09. The Morgan fingerprint density at radius 2 is 1.65 bits per heavy atom. The Labute approximate surface area is 157 Å². The van der Waals surface area contributed by atoms with Gasteiger partial charge in [0.1, 0.15) is 5.75 Å². The lowest BCUT2D eigenvalue weighted by molar-refractivity contribution is -0.128. The van der Waals surface area contributed by atoms with Crippen molar-refractivity contribution in [1.29, 1.82) is 0 Å². The molecule has 0 saturated carbocycles. The molecule has 0 aliphatic rings. The molecular weight excluding hydrogens is 322 g/mol. The van der Waals surface area contributed by atoms with Crippen LogP contribution < -0.4 is 10.1 Å². The molecular formula is C23H31NO2. The van der Waals surface area contributed by atoms with Crippen LogP contribution in [0.1, 0.15) is 60.5 Å². The number of hydrogen-bond acceptors (Lipinski definition) is 2. The van der Waals surface area contributed by atoms with E-state index in [1.54, 1.807) is 0 Å². The van der Waals surface area contributed by atoms with Crippen LogP contribution in [0, 0.1) is 27.7 Å². The molecule has 3 nitrogen and oxygen atoms in total. The van der Waals surface area contributed by atoms with Crippen molar-refractivity contribution in [3.8, 4) is 5.75 Å². The van der Waals surface area contributed by atoms with Gasteiger partial charge < -0.3 is 10.1 Å². The predicted molar refractivity (Wildman–Crippen MR) is 108 cm³/mol. The normalized spacial score (nSPS) is 13.2. The topological polar surface area (TPSA) is 38.3 Å². The molecule has 0 aliphatic carbocycles. The highest BCUT2D eigenvalue weighted by Crippen LogP contribution is 2.23. The molecule has 0 bridgehead atoms. The Morgan fingerprint density at radius 3 is 2.23 bits per heavy atom. The van der Waals surface area contributed by atoms with Crippen LogP contribution in [0.5, 0.6) is 5.75 Å². The summed E-state index contributed by atoms with van der Waals surface area (Å²) in [5.41, 5.74) is 6.00. The first-order valence-corrected chi connectivity index (χ1v) is 9.47. The minimum absolute atomic E-state index is 0.000467. The zero-order chi connectivity index (χ0) is 19.3. The Morgan fingerprint density at radius 1 is 0.923 bits per heavy atom. The molecule has 1 amide bonds. The number of hydrogen-bond donors (Lipinski definition) is 1. The molecule has 2 rings (SSSR count). The van der Waals surface area contributed by atoms with Crippen molar-refractivity contribution in [3.05, 3.63) is 64.2 Å². The second-order valence-electron chi connectivity index (χ2n) is 7.09. The lowest BCUT2D eigenvalue weighted by atomic mass is 9.97. The standard InChI is InChI=1S/C23H31NO2/c1-7-21(20-12-9-15(3)13-18(20)6)24-23(25)22(8-2)26-19-11-10-16(4)17(5)14-19/h9-14,21-22H,7-8H2,1-6H3,(H,24,25)/t21-,22-/m1/s1. The highest BCUT2D eigenvalue weighted by molar-refractivity contribution is 5.81. The fourth-order valence-corrected chi connectivity index (χ4v) is 3.15. The van der Waals surface area contributed by atoms with E-state index in [1.165, 1.54) is 27.8 Å². The smallest absolute Gasteiger partial charge is 0.261 e. The minimum Gasteiger partial charge on any atom is -0.481 e.